The zero-order valence-corrected chi connectivity index (χ0v) is 13.7. The number of hydrogen-bond donors (Lipinski definition) is 6. The van der Waals surface area contributed by atoms with E-state index >= 15 is 0 Å². The van der Waals surface area contributed by atoms with Crippen LogP contribution in [-0.4, -0.2) is 79.3 Å². The number of carboxylic acid groups (broad SMARTS) is 3. The molecule has 27 heavy (non-hydrogen) atoms. The fourth-order valence-electron chi connectivity index (χ4n) is 2.50. The SMILES string of the molecule is O=C(O)C(Cc1ccc(O[C@@H]2O[C@H](C(=O)O)[C@@H](O)[C@H](O)[C@H]2O)cc1)C(=O)O. The van der Waals surface area contributed by atoms with Crippen LogP contribution < -0.4 is 4.74 Å². The van der Waals surface area contributed by atoms with Crippen LogP contribution in [0.25, 0.3) is 0 Å². The van der Waals surface area contributed by atoms with Gasteiger partial charge in [0.2, 0.25) is 6.29 Å². The quantitative estimate of drug-likeness (QED) is 0.292. The highest BCUT2D eigenvalue weighted by atomic mass is 16.7. The monoisotopic (exact) mass is 386 g/mol. The molecule has 0 amide bonds. The molecule has 148 valence electrons. The van der Waals surface area contributed by atoms with Gasteiger partial charge in [0, 0.05) is 0 Å². The minimum Gasteiger partial charge on any atom is -0.481 e. The number of aliphatic carboxylic acids is 3. The third kappa shape index (κ3) is 4.71. The summed E-state index contributed by atoms with van der Waals surface area (Å²) < 4.78 is 10.2. The second kappa shape index (κ2) is 8.31. The summed E-state index contributed by atoms with van der Waals surface area (Å²) >= 11 is 0. The predicted octanol–water partition coefficient (Wildman–Crippen LogP) is -1.71. The maximum atomic E-state index is 11.0. The standard InChI is InChI=1S/C16H18O11/c17-9-10(18)12(15(24)25)27-16(11(9)19)26-7-3-1-6(2-4-7)5-8(13(20)21)14(22)23/h1-4,8-12,16-19H,5H2,(H,20,21)(H,22,23)(H,24,25)/t9-,10-,11+,12-,16+/m0/s1. The van der Waals surface area contributed by atoms with E-state index in [2.05, 4.69) is 0 Å². The van der Waals surface area contributed by atoms with Gasteiger partial charge in [0.1, 0.15) is 24.1 Å². The van der Waals surface area contributed by atoms with E-state index in [4.69, 9.17) is 24.8 Å². The molecular weight excluding hydrogens is 368 g/mol. The molecule has 0 radical (unpaired) electrons. The summed E-state index contributed by atoms with van der Waals surface area (Å²) in [7, 11) is 0. The average Bonchev–Trinajstić information content (AvgIpc) is 2.60. The zero-order chi connectivity index (χ0) is 20.3. The first-order valence-corrected chi connectivity index (χ1v) is 7.75. The van der Waals surface area contributed by atoms with Crippen LogP contribution in [-0.2, 0) is 25.5 Å². The second-order valence-corrected chi connectivity index (χ2v) is 5.93. The molecule has 0 spiro atoms. The van der Waals surface area contributed by atoms with Crippen molar-refractivity contribution in [2.75, 3.05) is 0 Å². The molecule has 1 aliphatic rings. The van der Waals surface area contributed by atoms with Gasteiger partial charge in [-0.2, -0.15) is 0 Å². The van der Waals surface area contributed by atoms with Crippen molar-refractivity contribution in [1.82, 2.24) is 0 Å². The van der Waals surface area contributed by atoms with Crippen molar-refractivity contribution >= 4 is 17.9 Å². The van der Waals surface area contributed by atoms with Crippen molar-refractivity contribution in [1.29, 1.82) is 0 Å². The van der Waals surface area contributed by atoms with E-state index in [1.807, 2.05) is 0 Å². The molecule has 5 atom stereocenters. The fraction of sp³-hybridized carbons (Fsp3) is 0.438. The second-order valence-electron chi connectivity index (χ2n) is 5.93. The highest BCUT2D eigenvalue weighted by molar-refractivity contribution is 5.93. The van der Waals surface area contributed by atoms with Crippen LogP contribution in [0.3, 0.4) is 0 Å². The van der Waals surface area contributed by atoms with Crippen molar-refractivity contribution in [2.45, 2.75) is 37.1 Å². The lowest BCUT2D eigenvalue weighted by Crippen LogP contribution is -2.61. The third-order valence-corrected chi connectivity index (χ3v) is 4.02. The van der Waals surface area contributed by atoms with Gasteiger partial charge in [-0.05, 0) is 24.1 Å². The van der Waals surface area contributed by atoms with Crippen molar-refractivity contribution in [3.05, 3.63) is 29.8 Å². The van der Waals surface area contributed by atoms with Crippen molar-refractivity contribution in [3.63, 3.8) is 0 Å². The molecule has 11 heteroatoms. The minimum atomic E-state index is -1.84. The molecule has 1 aromatic rings. The van der Waals surface area contributed by atoms with Gasteiger partial charge >= 0.3 is 17.9 Å². The fourth-order valence-corrected chi connectivity index (χ4v) is 2.50. The van der Waals surface area contributed by atoms with Gasteiger partial charge in [-0.3, -0.25) is 9.59 Å². The number of ether oxygens (including phenoxy) is 2. The van der Waals surface area contributed by atoms with Gasteiger partial charge < -0.3 is 40.1 Å². The number of rotatable bonds is 7. The van der Waals surface area contributed by atoms with E-state index in [0.717, 1.165) is 0 Å². The molecule has 2 rings (SSSR count). The summed E-state index contributed by atoms with van der Waals surface area (Å²) in [4.78, 5) is 32.9. The Kier molecular flexibility index (Phi) is 6.33. The highest BCUT2D eigenvalue weighted by Crippen LogP contribution is 2.25. The lowest BCUT2D eigenvalue weighted by atomic mass is 9.99. The summed E-state index contributed by atoms with van der Waals surface area (Å²) in [5.74, 6) is -6.04. The molecule has 0 unspecified atom stereocenters. The number of carbonyl (C=O) groups is 3. The Balaban J connectivity index is 2.08. The molecule has 0 aromatic heterocycles. The van der Waals surface area contributed by atoms with Gasteiger partial charge in [-0.1, -0.05) is 12.1 Å². The molecule has 1 aromatic carbocycles. The first kappa shape index (κ1) is 20.6. The van der Waals surface area contributed by atoms with Crippen LogP contribution in [0.1, 0.15) is 5.56 Å². The maximum Gasteiger partial charge on any atom is 0.335 e. The van der Waals surface area contributed by atoms with Crippen LogP contribution >= 0.6 is 0 Å². The van der Waals surface area contributed by atoms with E-state index in [9.17, 15) is 29.7 Å². The number of hydrogen-bond acceptors (Lipinski definition) is 8. The highest BCUT2D eigenvalue weighted by Gasteiger charge is 2.48. The molecule has 11 nitrogen and oxygen atoms in total. The Bertz CT molecular complexity index is 687. The Morgan fingerprint density at radius 2 is 1.48 bits per heavy atom. The minimum absolute atomic E-state index is 0.0812. The van der Waals surface area contributed by atoms with Gasteiger partial charge in [0.25, 0.3) is 0 Å². The molecule has 1 saturated heterocycles. The van der Waals surface area contributed by atoms with E-state index in [1.165, 1.54) is 24.3 Å². The van der Waals surface area contributed by atoms with Crippen LogP contribution in [0.4, 0.5) is 0 Å². The van der Waals surface area contributed by atoms with E-state index in [-0.39, 0.29) is 12.2 Å². The smallest absolute Gasteiger partial charge is 0.335 e. The lowest BCUT2D eigenvalue weighted by Gasteiger charge is -2.38. The third-order valence-electron chi connectivity index (χ3n) is 4.02. The number of benzene rings is 1. The van der Waals surface area contributed by atoms with Gasteiger partial charge in [0.05, 0.1) is 0 Å². The predicted molar refractivity (Wildman–Crippen MR) is 83.9 cm³/mol. The molecule has 0 aliphatic carbocycles. The van der Waals surface area contributed by atoms with Crippen LogP contribution in [0.5, 0.6) is 5.75 Å². The molecule has 6 N–H and O–H groups in total. The molecule has 0 bridgehead atoms. The first-order valence-electron chi connectivity index (χ1n) is 7.75. The first-order chi connectivity index (χ1) is 12.6. The molecule has 1 aliphatic heterocycles. The van der Waals surface area contributed by atoms with E-state index < -0.39 is 54.5 Å². The van der Waals surface area contributed by atoms with Crippen molar-refractivity contribution in [3.8, 4) is 5.75 Å². The van der Waals surface area contributed by atoms with Crippen LogP contribution in [0, 0.1) is 5.92 Å². The van der Waals surface area contributed by atoms with Crippen molar-refractivity contribution < 1.29 is 54.5 Å². The molecule has 1 fully saturated rings. The summed E-state index contributed by atoms with van der Waals surface area (Å²) in [5, 5.41) is 55.9. The van der Waals surface area contributed by atoms with Crippen LogP contribution in [0.15, 0.2) is 24.3 Å². The largest absolute Gasteiger partial charge is 0.481 e. The Morgan fingerprint density at radius 3 is 1.96 bits per heavy atom. The summed E-state index contributed by atoms with van der Waals surface area (Å²) in [6.45, 7) is 0. The van der Waals surface area contributed by atoms with Gasteiger partial charge in [0.15, 0.2) is 12.0 Å². The molecule has 0 saturated carbocycles. The van der Waals surface area contributed by atoms with Gasteiger partial charge in [-0.15, -0.1) is 0 Å². The summed E-state index contributed by atoms with van der Waals surface area (Å²) in [6, 6.07) is 5.45. The summed E-state index contributed by atoms with van der Waals surface area (Å²) in [6.07, 6.45) is -9.03. The molecule has 1 heterocycles. The Morgan fingerprint density at radius 1 is 0.926 bits per heavy atom. The number of carboxylic acids is 3. The number of aliphatic hydroxyl groups is 3. The number of aliphatic hydroxyl groups excluding tert-OH is 3. The normalized spacial score (nSPS) is 27.9. The topological polar surface area (TPSA) is 191 Å². The Hall–Kier alpha value is -2.73. The summed E-state index contributed by atoms with van der Waals surface area (Å²) in [5.41, 5.74) is 0.390. The van der Waals surface area contributed by atoms with Gasteiger partial charge in [-0.25, -0.2) is 4.79 Å². The van der Waals surface area contributed by atoms with Crippen molar-refractivity contribution in [2.24, 2.45) is 5.92 Å². The average molecular weight is 386 g/mol. The van der Waals surface area contributed by atoms with E-state index in [1.54, 1.807) is 0 Å². The lowest BCUT2D eigenvalue weighted by molar-refractivity contribution is -0.271. The molecular formula is C16H18O11. The van der Waals surface area contributed by atoms with Crippen LogP contribution in [0.2, 0.25) is 0 Å². The maximum absolute atomic E-state index is 11.0. The Labute approximate surface area is 152 Å². The van der Waals surface area contributed by atoms with E-state index in [0.29, 0.717) is 5.56 Å². The zero-order valence-electron chi connectivity index (χ0n) is 13.7.